The molecule has 1 aliphatic heterocycles. The molecule has 0 fully saturated rings. The van der Waals surface area contributed by atoms with Gasteiger partial charge in [-0.15, -0.1) is 0 Å². The van der Waals surface area contributed by atoms with Crippen molar-refractivity contribution in [3.05, 3.63) is 12.3 Å². The quantitative estimate of drug-likeness (QED) is 0.417. The van der Waals surface area contributed by atoms with E-state index in [2.05, 4.69) is 21.4 Å². The first-order chi connectivity index (χ1) is 3.29. The van der Waals surface area contributed by atoms with Gasteiger partial charge < -0.3 is 5.01 Å². The molecule has 0 aromatic rings. The van der Waals surface area contributed by atoms with Crippen LogP contribution in [0.3, 0.4) is 0 Å². The van der Waals surface area contributed by atoms with Gasteiger partial charge in [0.1, 0.15) is 4.95 Å². The highest BCUT2D eigenvalue weighted by Gasteiger charge is 2.04. The molecule has 2 nitrogen and oxygen atoms in total. The SMILES string of the molecule is CN1C=CC(Br)N1. The van der Waals surface area contributed by atoms with Crippen LogP contribution >= 0.6 is 15.9 Å². The normalized spacial score (nSPS) is 29.4. The molecular weight excluding hydrogens is 156 g/mol. The first kappa shape index (κ1) is 5.12. The van der Waals surface area contributed by atoms with Crippen molar-refractivity contribution in [3.8, 4) is 0 Å². The predicted molar refractivity (Wildman–Crippen MR) is 32.8 cm³/mol. The highest BCUT2D eigenvalue weighted by Crippen LogP contribution is 2.03. The third-order valence-electron chi connectivity index (χ3n) is 0.806. The summed E-state index contributed by atoms with van der Waals surface area (Å²) in [7, 11) is 1.96. The Morgan fingerprint density at radius 3 is 2.71 bits per heavy atom. The van der Waals surface area contributed by atoms with E-state index < -0.39 is 0 Å². The van der Waals surface area contributed by atoms with E-state index in [0.717, 1.165) is 0 Å². The number of alkyl halides is 1. The zero-order chi connectivity index (χ0) is 5.28. The third-order valence-corrected chi connectivity index (χ3v) is 1.32. The maximum absolute atomic E-state index is 3.34. The molecule has 0 aromatic heterocycles. The summed E-state index contributed by atoms with van der Waals surface area (Å²) >= 11 is 3.34. The van der Waals surface area contributed by atoms with Crippen LogP contribution < -0.4 is 5.43 Å². The maximum atomic E-state index is 3.34. The van der Waals surface area contributed by atoms with E-state index in [4.69, 9.17) is 0 Å². The van der Waals surface area contributed by atoms with Gasteiger partial charge >= 0.3 is 0 Å². The fourth-order valence-corrected chi connectivity index (χ4v) is 0.945. The largest absolute Gasteiger partial charge is 0.318 e. The van der Waals surface area contributed by atoms with Gasteiger partial charge in [-0.25, -0.2) is 5.43 Å². The molecule has 0 aliphatic carbocycles. The lowest BCUT2D eigenvalue weighted by molar-refractivity contribution is 0.366. The van der Waals surface area contributed by atoms with Crippen molar-refractivity contribution in [2.45, 2.75) is 4.95 Å². The van der Waals surface area contributed by atoms with Gasteiger partial charge in [0.15, 0.2) is 0 Å². The fourth-order valence-electron chi connectivity index (χ4n) is 0.485. The molecule has 40 valence electrons. The molecule has 1 aliphatic rings. The zero-order valence-corrected chi connectivity index (χ0v) is 5.64. The summed E-state index contributed by atoms with van der Waals surface area (Å²) in [6.45, 7) is 0. The summed E-state index contributed by atoms with van der Waals surface area (Å²) in [6.07, 6.45) is 4.00. The van der Waals surface area contributed by atoms with Gasteiger partial charge in [0.25, 0.3) is 0 Å². The summed E-state index contributed by atoms with van der Waals surface area (Å²) < 4.78 is 0. The second-order valence-corrected chi connectivity index (χ2v) is 2.47. The first-order valence-electron chi connectivity index (χ1n) is 2.10. The highest BCUT2D eigenvalue weighted by atomic mass is 79.9. The Balaban J connectivity index is 2.42. The van der Waals surface area contributed by atoms with Crippen molar-refractivity contribution in [3.63, 3.8) is 0 Å². The Bertz CT molecular complexity index is 81.7. The van der Waals surface area contributed by atoms with Gasteiger partial charge in [-0.1, -0.05) is 15.9 Å². The number of hydrogen-bond donors (Lipinski definition) is 1. The lowest BCUT2D eigenvalue weighted by atomic mass is 10.7. The van der Waals surface area contributed by atoms with E-state index in [1.54, 1.807) is 0 Å². The Hall–Kier alpha value is -0.0200. The monoisotopic (exact) mass is 162 g/mol. The van der Waals surface area contributed by atoms with Crippen molar-refractivity contribution < 1.29 is 0 Å². The van der Waals surface area contributed by atoms with Crippen molar-refractivity contribution >= 4 is 15.9 Å². The van der Waals surface area contributed by atoms with Crippen molar-refractivity contribution in [2.24, 2.45) is 0 Å². The summed E-state index contributed by atoms with van der Waals surface area (Å²) in [5.74, 6) is 0. The summed E-state index contributed by atoms with van der Waals surface area (Å²) in [5.41, 5.74) is 3.06. The summed E-state index contributed by atoms with van der Waals surface area (Å²) in [6, 6.07) is 0. The molecule has 0 saturated carbocycles. The first-order valence-corrected chi connectivity index (χ1v) is 3.02. The Kier molecular flexibility index (Phi) is 1.35. The number of hydrazine groups is 1. The molecule has 0 saturated heterocycles. The number of hydrogen-bond acceptors (Lipinski definition) is 2. The van der Waals surface area contributed by atoms with Crippen molar-refractivity contribution in [2.75, 3.05) is 7.05 Å². The molecule has 0 bridgehead atoms. The molecule has 1 N–H and O–H groups in total. The molecule has 1 atom stereocenters. The maximum Gasteiger partial charge on any atom is 0.101 e. The highest BCUT2D eigenvalue weighted by molar-refractivity contribution is 9.09. The topological polar surface area (TPSA) is 15.3 Å². The fraction of sp³-hybridized carbons (Fsp3) is 0.500. The van der Waals surface area contributed by atoms with Crippen LogP contribution in [0.2, 0.25) is 0 Å². The van der Waals surface area contributed by atoms with Crippen LogP contribution in [0, 0.1) is 0 Å². The van der Waals surface area contributed by atoms with E-state index in [0.29, 0.717) is 4.95 Å². The van der Waals surface area contributed by atoms with E-state index in [-0.39, 0.29) is 0 Å². The van der Waals surface area contributed by atoms with Gasteiger partial charge in [0.05, 0.1) is 0 Å². The van der Waals surface area contributed by atoms with E-state index in [1.807, 2.05) is 24.3 Å². The predicted octanol–water partition coefficient (Wildman–Crippen LogP) is 0.671. The summed E-state index contributed by atoms with van der Waals surface area (Å²) in [5, 5.41) is 1.90. The van der Waals surface area contributed by atoms with Gasteiger partial charge in [-0.2, -0.15) is 0 Å². The van der Waals surface area contributed by atoms with Gasteiger partial charge in [-0.3, -0.25) is 0 Å². The van der Waals surface area contributed by atoms with Crippen LogP contribution in [-0.2, 0) is 0 Å². The zero-order valence-electron chi connectivity index (χ0n) is 4.06. The molecule has 0 spiro atoms. The van der Waals surface area contributed by atoms with E-state index in [9.17, 15) is 0 Å². The van der Waals surface area contributed by atoms with Crippen LogP contribution in [0.1, 0.15) is 0 Å². The second-order valence-electron chi connectivity index (χ2n) is 1.48. The number of rotatable bonds is 0. The molecule has 7 heavy (non-hydrogen) atoms. The van der Waals surface area contributed by atoms with Gasteiger partial charge in [-0.05, 0) is 6.08 Å². The standard InChI is InChI=1S/C4H7BrN2/c1-7-3-2-4(5)6-7/h2-4,6H,1H3. The molecule has 0 aromatic carbocycles. The van der Waals surface area contributed by atoms with Crippen molar-refractivity contribution in [1.82, 2.24) is 10.4 Å². The molecule has 0 amide bonds. The molecular formula is C4H7BrN2. The van der Waals surface area contributed by atoms with E-state index in [1.165, 1.54) is 0 Å². The minimum absolute atomic E-state index is 0.331. The minimum Gasteiger partial charge on any atom is -0.318 e. The summed E-state index contributed by atoms with van der Waals surface area (Å²) in [4.78, 5) is 0.331. The lowest BCUT2D eigenvalue weighted by Crippen LogP contribution is -2.28. The smallest absolute Gasteiger partial charge is 0.101 e. The molecule has 3 heteroatoms. The molecule has 1 rings (SSSR count). The number of nitrogens with zero attached hydrogens (tertiary/aromatic N) is 1. The van der Waals surface area contributed by atoms with E-state index >= 15 is 0 Å². The van der Waals surface area contributed by atoms with Crippen LogP contribution in [0.5, 0.6) is 0 Å². The number of halogens is 1. The average molecular weight is 163 g/mol. The van der Waals surface area contributed by atoms with Crippen LogP contribution in [0.4, 0.5) is 0 Å². The Labute approximate surface area is 51.3 Å². The molecule has 0 radical (unpaired) electrons. The Morgan fingerprint density at radius 1 is 1.86 bits per heavy atom. The van der Waals surface area contributed by atoms with Crippen molar-refractivity contribution in [1.29, 1.82) is 0 Å². The van der Waals surface area contributed by atoms with Crippen LogP contribution in [0.15, 0.2) is 12.3 Å². The molecule has 1 heterocycles. The lowest BCUT2D eigenvalue weighted by Gasteiger charge is -2.08. The third kappa shape index (κ3) is 1.17. The van der Waals surface area contributed by atoms with Gasteiger partial charge in [0, 0.05) is 13.2 Å². The van der Waals surface area contributed by atoms with Crippen LogP contribution in [0.25, 0.3) is 0 Å². The van der Waals surface area contributed by atoms with Crippen LogP contribution in [-0.4, -0.2) is 17.0 Å². The number of nitrogens with one attached hydrogen (secondary N) is 1. The molecule has 1 unspecified atom stereocenters. The van der Waals surface area contributed by atoms with Gasteiger partial charge in [0.2, 0.25) is 0 Å². The Morgan fingerprint density at radius 2 is 2.57 bits per heavy atom. The minimum atomic E-state index is 0.331. The second kappa shape index (κ2) is 1.84. The average Bonchev–Trinajstić information content (AvgIpc) is 1.87.